The van der Waals surface area contributed by atoms with Gasteiger partial charge in [0.15, 0.2) is 0 Å². The van der Waals surface area contributed by atoms with Crippen molar-refractivity contribution in [3.8, 4) is 10.6 Å². The van der Waals surface area contributed by atoms with E-state index in [-0.39, 0.29) is 6.54 Å². The molecule has 0 fully saturated rings. The molecular formula is C15H20N4O2S. The Balaban J connectivity index is 1.84. The third kappa shape index (κ3) is 5.09. The SMILES string of the molecule is CC(C)CC(O)CNC(=O)Nc1nnc(-c2ccccc2)s1. The van der Waals surface area contributed by atoms with Gasteiger partial charge in [-0.2, -0.15) is 0 Å². The first-order valence-corrected chi connectivity index (χ1v) is 7.98. The lowest BCUT2D eigenvalue weighted by atomic mass is 10.1. The lowest BCUT2D eigenvalue weighted by Crippen LogP contribution is -2.35. The molecule has 6 nitrogen and oxygen atoms in total. The van der Waals surface area contributed by atoms with Crippen LogP contribution >= 0.6 is 11.3 Å². The molecule has 0 bridgehead atoms. The van der Waals surface area contributed by atoms with Crippen molar-refractivity contribution in [1.82, 2.24) is 15.5 Å². The Hall–Kier alpha value is -1.99. The minimum Gasteiger partial charge on any atom is -0.391 e. The molecule has 0 aliphatic rings. The van der Waals surface area contributed by atoms with Gasteiger partial charge in [-0.3, -0.25) is 5.32 Å². The van der Waals surface area contributed by atoms with Crippen LogP contribution in [0.3, 0.4) is 0 Å². The average Bonchev–Trinajstić information content (AvgIpc) is 2.94. The van der Waals surface area contributed by atoms with Gasteiger partial charge >= 0.3 is 6.03 Å². The molecule has 1 aromatic carbocycles. The Morgan fingerprint density at radius 1 is 1.27 bits per heavy atom. The third-order valence-electron chi connectivity index (χ3n) is 2.91. The number of amides is 2. The monoisotopic (exact) mass is 320 g/mol. The second kappa shape index (κ2) is 7.86. The van der Waals surface area contributed by atoms with Gasteiger partial charge in [0.25, 0.3) is 0 Å². The number of aliphatic hydroxyl groups excluding tert-OH is 1. The first-order chi connectivity index (χ1) is 10.5. The predicted octanol–water partition coefficient (Wildman–Crippen LogP) is 2.73. The summed E-state index contributed by atoms with van der Waals surface area (Å²) in [6.07, 6.45) is 0.108. The summed E-state index contributed by atoms with van der Waals surface area (Å²) in [6.45, 7) is 4.26. The number of rotatable bonds is 6. The summed E-state index contributed by atoms with van der Waals surface area (Å²) < 4.78 is 0. The van der Waals surface area contributed by atoms with E-state index in [1.807, 2.05) is 44.2 Å². The minimum absolute atomic E-state index is 0.217. The van der Waals surface area contributed by atoms with E-state index in [2.05, 4.69) is 20.8 Å². The number of carbonyl (C=O) groups is 1. The van der Waals surface area contributed by atoms with Crippen LogP contribution in [0.1, 0.15) is 20.3 Å². The molecule has 1 unspecified atom stereocenters. The van der Waals surface area contributed by atoms with Crippen molar-refractivity contribution in [3.05, 3.63) is 30.3 Å². The van der Waals surface area contributed by atoms with Crippen molar-refractivity contribution < 1.29 is 9.90 Å². The number of aromatic nitrogens is 2. The number of anilines is 1. The van der Waals surface area contributed by atoms with Gasteiger partial charge in [0, 0.05) is 12.1 Å². The van der Waals surface area contributed by atoms with Crippen LogP contribution in [0.25, 0.3) is 10.6 Å². The highest BCUT2D eigenvalue weighted by Crippen LogP contribution is 2.25. The maximum Gasteiger partial charge on any atom is 0.321 e. The van der Waals surface area contributed by atoms with Crippen LogP contribution < -0.4 is 10.6 Å². The molecule has 0 aliphatic carbocycles. The normalized spacial score (nSPS) is 12.2. The molecule has 0 aliphatic heterocycles. The van der Waals surface area contributed by atoms with Crippen LogP contribution in [-0.4, -0.2) is 34.0 Å². The first-order valence-electron chi connectivity index (χ1n) is 7.16. The summed E-state index contributed by atoms with van der Waals surface area (Å²) in [5.41, 5.74) is 0.959. The second-order valence-electron chi connectivity index (χ2n) is 5.40. The maximum absolute atomic E-state index is 11.8. The van der Waals surface area contributed by atoms with Gasteiger partial charge in [0.05, 0.1) is 6.10 Å². The topological polar surface area (TPSA) is 87.1 Å². The van der Waals surface area contributed by atoms with Gasteiger partial charge < -0.3 is 10.4 Å². The smallest absolute Gasteiger partial charge is 0.321 e. The molecule has 22 heavy (non-hydrogen) atoms. The van der Waals surface area contributed by atoms with Gasteiger partial charge in [0.2, 0.25) is 5.13 Å². The van der Waals surface area contributed by atoms with Gasteiger partial charge in [-0.15, -0.1) is 10.2 Å². The zero-order chi connectivity index (χ0) is 15.9. The maximum atomic E-state index is 11.8. The Morgan fingerprint density at radius 2 is 2.00 bits per heavy atom. The van der Waals surface area contributed by atoms with Crippen molar-refractivity contribution in [2.75, 3.05) is 11.9 Å². The van der Waals surface area contributed by atoms with Crippen molar-refractivity contribution >= 4 is 22.5 Å². The van der Waals surface area contributed by atoms with Gasteiger partial charge in [-0.25, -0.2) is 4.79 Å². The molecule has 0 saturated heterocycles. The average molecular weight is 320 g/mol. The molecule has 1 aromatic heterocycles. The van der Waals surface area contributed by atoms with Crippen LogP contribution in [0.2, 0.25) is 0 Å². The number of aliphatic hydroxyl groups is 1. The van der Waals surface area contributed by atoms with Crippen LogP contribution in [0.5, 0.6) is 0 Å². The van der Waals surface area contributed by atoms with Crippen LogP contribution in [0.4, 0.5) is 9.93 Å². The number of benzene rings is 1. The summed E-state index contributed by atoms with van der Waals surface area (Å²) >= 11 is 1.30. The molecule has 2 amide bonds. The Labute approximate surface area is 133 Å². The number of hydrogen-bond acceptors (Lipinski definition) is 5. The van der Waals surface area contributed by atoms with Crippen molar-refractivity contribution in [2.24, 2.45) is 5.92 Å². The van der Waals surface area contributed by atoms with Gasteiger partial charge in [-0.1, -0.05) is 55.5 Å². The van der Waals surface area contributed by atoms with E-state index in [0.717, 1.165) is 10.6 Å². The number of hydrogen-bond donors (Lipinski definition) is 3. The van der Waals surface area contributed by atoms with E-state index in [1.165, 1.54) is 11.3 Å². The van der Waals surface area contributed by atoms with Gasteiger partial charge in [-0.05, 0) is 12.3 Å². The minimum atomic E-state index is -0.542. The Bertz CT molecular complexity index is 601. The summed E-state index contributed by atoms with van der Waals surface area (Å²) in [6, 6.07) is 9.26. The van der Waals surface area contributed by atoms with Crippen molar-refractivity contribution in [1.29, 1.82) is 0 Å². The summed E-state index contributed by atoms with van der Waals surface area (Å²) in [4.78, 5) is 11.8. The van der Waals surface area contributed by atoms with Crippen molar-refractivity contribution in [2.45, 2.75) is 26.4 Å². The molecule has 2 aromatic rings. The van der Waals surface area contributed by atoms with Crippen LogP contribution in [0, 0.1) is 5.92 Å². The van der Waals surface area contributed by atoms with E-state index in [0.29, 0.717) is 17.5 Å². The van der Waals surface area contributed by atoms with Crippen LogP contribution in [0.15, 0.2) is 30.3 Å². The molecule has 1 heterocycles. The second-order valence-corrected chi connectivity index (χ2v) is 6.37. The summed E-state index contributed by atoms with van der Waals surface area (Å²) in [5, 5.41) is 24.1. The number of carbonyl (C=O) groups excluding carboxylic acids is 1. The molecule has 2 rings (SSSR count). The third-order valence-corrected chi connectivity index (χ3v) is 3.80. The predicted molar refractivity (Wildman–Crippen MR) is 87.8 cm³/mol. The number of nitrogens with zero attached hydrogens (tertiary/aromatic N) is 2. The Morgan fingerprint density at radius 3 is 2.68 bits per heavy atom. The molecule has 118 valence electrons. The first kappa shape index (κ1) is 16.4. The lowest BCUT2D eigenvalue weighted by molar-refractivity contribution is 0.148. The fraction of sp³-hybridized carbons (Fsp3) is 0.400. The van der Waals surface area contributed by atoms with E-state index in [9.17, 15) is 9.90 Å². The van der Waals surface area contributed by atoms with E-state index >= 15 is 0 Å². The Kier molecular flexibility index (Phi) is 5.85. The molecule has 0 saturated carbocycles. The molecule has 3 N–H and O–H groups in total. The van der Waals surface area contributed by atoms with E-state index in [1.54, 1.807) is 0 Å². The van der Waals surface area contributed by atoms with Crippen molar-refractivity contribution in [3.63, 3.8) is 0 Å². The molecule has 0 spiro atoms. The lowest BCUT2D eigenvalue weighted by Gasteiger charge is -2.13. The zero-order valence-corrected chi connectivity index (χ0v) is 13.4. The standard InChI is InChI=1S/C15H20N4O2S/c1-10(2)8-12(20)9-16-14(21)17-15-19-18-13(22-15)11-6-4-3-5-7-11/h3-7,10,12,20H,8-9H2,1-2H3,(H2,16,17,19,21). The fourth-order valence-electron chi connectivity index (χ4n) is 1.95. The zero-order valence-electron chi connectivity index (χ0n) is 12.6. The van der Waals surface area contributed by atoms with E-state index in [4.69, 9.17) is 0 Å². The fourth-order valence-corrected chi connectivity index (χ4v) is 2.69. The highest BCUT2D eigenvalue weighted by Gasteiger charge is 2.11. The van der Waals surface area contributed by atoms with E-state index < -0.39 is 12.1 Å². The van der Waals surface area contributed by atoms with Gasteiger partial charge in [0.1, 0.15) is 5.01 Å². The molecule has 7 heteroatoms. The summed E-state index contributed by atoms with van der Waals surface area (Å²) in [5.74, 6) is 0.386. The largest absolute Gasteiger partial charge is 0.391 e. The molecular weight excluding hydrogens is 300 g/mol. The molecule has 1 atom stereocenters. The summed E-state index contributed by atoms with van der Waals surface area (Å²) in [7, 11) is 0. The highest BCUT2D eigenvalue weighted by atomic mass is 32.1. The number of urea groups is 1. The quantitative estimate of drug-likeness (QED) is 0.764. The molecule has 0 radical (unpaired) electrons. The number of nitrogens with one attached hydrogen (secondary N) is 2. The highest BCUT2D eigenvalue weighted by molar-refractivity contribution is 7.18. The van der Waals surface area contributed by atoms with Crippen LogP contribution in [-0.2, 0) is 0 Å².